The first-order chi connectivity index (χ1) is 12.2. The summed E-state index contributed by atoms with van der Waals surface area (Å²) in [4.78, 5) is 11.1. The Bertz CT molecular complexity index is 666. The second-order valence-corrected chi connectivity index (χ2v) is 7.10. The van der Waals surface area contributed by atoms with E-state index in [2.05, 4.69) is 17.4 Å². The summed E-state index contributed by atoms with van der Waals surface area (Å²) in [5, 5.41) is 2.82. The van der Waals surface area contributed by atoms with Gasteiger partial charge < -0.3 is 10.1 Å². The second-order valence-electron chi connectivity index (χ2n) is 7.10. The molecule has 2 atom stereocenters. The number of hydrogen-bond acceptors (Lipinski definition) is 2. The van der Waals surface area contributed by atoms with Crippen molar-refractivity contribution in [2.75, 3.05) is 11.9 Å². The molecule has 0 saturated heterocycles. The Morgan fingerprint density at radius 3 is 2.48 bits per heavy atom. The molecule has 0 bridgehead atoms. The first-order valence-corrected chi connectivity index (χ1v) is 9.23. The van der Waals surface area contributed by atoms with Crippen LogP contribution in [0.2, 0.25) is 0 Å². The molecule has 3 rings (SSSR count). The minimum absolute atomic E-state index is 0.0266. The highest BCUT2D eigenvalue weighted by molar-refractivity contribution is 5.88. The summed E-state index contributed by atoms with van der Waals surface area (Å²) in [6.45, 7) is 2.36. The molecule has 0 aliphatic heterocycles. The van der Waals surface area contributed by atoms with Crippen molar-refractivity contribution < 1.29 is 9.53 Å². The number of amides is 1. The predicted molar refractivity (Wildman–Crippen MR) is 102 cm³/mol. The molecule has 25 heavy (non-hydrogen) atoms. The Hall–Kier alpha value is -2.29. The van der Waals surface area contributed by atoms with E-state index < -0.39 is 0 Å². The first-order valence-electron chi connectivity index (χ1n) is 9.23. The van der Waals surface area contributed by atoms with Crippen LogP contribution in [0, 0.1) is 11.8 Å². The molecule has 1 N–H and O–H groups in total. The van der Waals surface area contributed by atoms with E-state index in [0.29, 0.717) is 5.92 Å². The topological polar surface area (TPSA) is 38.3 Å². The predicted octanol–water partition coefficient (Wildman–Crippen LogP) is 5.07. The van der Waals surface area contributed by atoms with Crippen LogP contribution in [0.15, 0.2) is 54.6 Å². The van der Waals surface area contributed by atoms with Crippen LogP contribution in [-0.4, -0.2) is 12.5 Å². The van der Waals surface area contributed by atoms with Crippen LogP contribution >= 0.6 is 0 Å². The molecule has 3 heteroatoms. The van der Waals surface area contributed by atoms with Gasteiger partial charge in [-0.25, -0.2) is 0 Å². The molecule has 1 fully saturated rings. The summed E-state index contributed by atoms with van der Waals surface area (Å²) in [6.07, 6.45) is 6.21. The van der Waals surface area contributed by atoms with E-state index in [1.807, 2.05) is 42.5 Å². The van der Waals surface area contributed by atoms with Gasteiger partial charge in [-0.3, -0.25) is 4.79 Å². The SMILES string of the molecule is CC(=O)Nc1ccc(CC2CCCC(COc3ccccc3)C2)cc1. The number of para-hydroxylation sites is 1. The highest BCUT2D eigenvalue weighted by atomic mass is 16.5. The summed E-state index contributed by atoms with van der Waals surface area (Å²) in [5.41, 5.74) is 2.22. The Balaban J connectivity index is 1.48. The van der Waals surface area contributed by atoms with Crippen molar-refractivity contribution in [3.63, 3.8) is 0 Å². The van der Waals surface area contributed by atoms with Gasteiger partial charge in [0.25, 0.3) is 0 Å². The van der Waals surface area contributed by atoms with Gasteiger partial charge >= 0.3 is 0 Å². The van der Waals surface area contributed by atoms with Crippen molar-refractivity contribution in [1.29, 1.82) is 0 Å². The van der Waals surface area contributed by atoms with E-state index in [-0.39, 0.29) is 5.91 Å². The van der Waals surface area contributed by atoms with Gasteiger partial charge in [0.1, 0.15) is 5.75 Å². The Labute approximate surface area is 150 Å². The summed E-state index contributed by atoms with van der Waals surface area (Å²) < 4.78 is 5.96. The number of nitrogens with one attached hydrogen (secondary N) is 1. The van der Waals surface area contributed by atoms with Crippen molar-refractivity contribution >= 4 is 11.6 Å². The quantitative estimate of drug-likeness (QED) is 0.799. The summed E-state index contributed by atoms with van der Waals surface area (Å²) in [7, 11) is 0. The standard InChI is InChI=1S/C22H27NO2/c1-17(24)23-21-12-10-18(11-13-21)14-19-6-5-7-20(15-19)16-25-22-8-3-2-4-9-22/h2-4,8-13,19-20H,5-7,14-16H2,1H3,(H,23,24). The smallest absolute Gasteiger partial charge is 0.221 e. The number of benzene rings is 2. The molecular formula is C22H27NO2. The van der Waals surface area contributed by atoms with Gasteiger partial charge in [0, 0.05) is 12.6 Å². The zero-order valence-corrected chi connectivity index (χ0v) is 14.9. The van der Waals surface area contributed by atoms with Gasteiger partial charge in [-0.2, -0.15) is 0 Å². The van der Waals surface area contributed by atoms with Crippen molar-refractivity contribution in [2.45, 2.75) is 39.0 Å². The third-order valence-electron chi connectivity index (χ3n) is 4.92. The fourth-order valence-electron chi connectivity index (χ4n) is 3.73. The van der Waals surface area contributed by atoms with Crippen LogP contribution in [0.25, 0.3) is 0 Å². The first kappa shape index (κ1) is 17.5. The molecule has 2 aromatic carbocycles. The molecule has 0 radical (unpaired) electrons. The average molecular weight is 337 g/mol. The molecule has 0 aromatic heterocycles. The lowest BCUT2D eigenvalue weighted by molar-refractivity contribution is -0.114. The van der Waals surface area contributed by atoms with Crippen molar-refractivity contribution in [3.05, 3.63) is 60.2 Å². The molecule has 3 nitrogen and oxygen atoms in total. The number of anilines is 1. The fourth-order valence-corrected chi connectivity index (χ4v) is 3.73. The molecule has 132 valence electrons. The highest BCUT2D eigenvalue weighted by Gasteiger charge is 2.22. The normalized spacial score (nSPS) is 20.0. The Morgan fingerprint density at radius 2 is 1.76 bits per heavy atom. The van der Waals surface area contributed by atoms with Crippen LogP contribution in [0.5, 0.6) is 5.75 Å². The summed E-state index contributed by atoms with van der Waals surface area (Å²) in [5.74, 6) is 2.32. The van der Waals surface area contributed by atoms with E-state index in [1.54, 1.807) is 0 Å². The molecular weight excluding hydrogens is 310 g/mol. The number of rotatable bonds is 6. The molecule has 0 spiro atoms. The average Bonchev–Trinajstić information content (AvgIpc) is 2.62. The van der Waals surface area contributed by atoms with E-state index in [9.17, 15) is 4.79 Å². The third-order valence-corrected chi connectivity index (χ3v) is 4.92. The summed E-state index contributed by atoms with van der Waals surface area (Å²) >= 11 is 0. The number of ether oxygens (including phenoxy) is 1. The van der Waals surface area contributed by atoms with Gasteiger partial charge in [0.2, 0.25) is 5.91 Å². The van der Waals surface area contributed by atoms with Gasteiger partial charge in [-0.05, 0) is 60.9 Å². The third kappa shape index (κ3) is 5.63. The maximum absolute atomic E-state index is 11.1. The maximum Gasteiger partial charge on any atom is 0.221 e. The van der Waals surface area contributed by atoms with E-state index in [1.165, 1.54) is 38.2 Å². The van der Waals surface area contributed by atoms with Crippen LogP contribution in [0.3, 0.4) is 0 Å². The number of carbonyl (C=O) groups is 1. The van der Waals surface area contributed by atoms with Crippen LogP contribution in [-0.2, 0) is 11.2 Å². The molecule has 1 saturated carbocycles. The highest BCUT2D eigenvalue weighted by Crippen LogP contribution is 2.32. The minimum atomic E-state index is -0.0266. The lowest BCUT2D eigenvalue weighted by atomic mass is 9.79. The van der Waals surface area contributed by atoms with Gasteiger partial charge in [0.05, 0.1) is 6.61 Å². The molecule has 0 heterocycles. The Morgan fingerprint density at radius 1 is 1.04 bits per heavy atom. The number of carbonyl (C=O) groups excluding carboxylic acids is 1. The van der Waals surface area contributed by atoms with E-state index >= 15 is 0 Å². The molecule has 2 unspecified atom stereocenters. The van der Waals surface area contributed by atoms with Crippen molar-refractivity contribution in [2.24, 2.45) is 11.8 Å². The summed E-state index contributed by atoms with van der Waals surface area (Å²) in [6, 6.07) is 18.4. The van der Waals surface area contributed by atoms with E-state index in [4.69, 9.17) is 4.74 Å². The number of hydrogen-bond donors (Lipinski definition) is 1. The molecule has 1 aliphatic rings. The van der Waals surface area contributed by atoms with Crippen LogP contribution < -0.4 is 10.1 Å². The molecule has 1 amide bonds. The van der Waals surface area contributed by atoms with Crippen molar-refractivity contribution in [3.8, 4) is 5.75 Å². The van der Waals surface area contributed by atoms with Gasteiger partial charge in [-0.15, -0.1) is 0 Å². The Kier molecular flexibility index (Phi) is 6.10. The lowest BCUT2D eigenvalue weighted by Gasteiger charge is -2.29. The molecule has 2 aromatic rings. The van der Waals surface area contributed by atoms with Crippen molar-refractivity contribution in [1.82, 2.24) is 0 Å². The second kappa shape index (κ2) is 8.70. The van der Waals surface area contributed by atoms with E-state index in [0.717, 1.165) is 30.4 Å². The minimum Gasteiger partial charge on any atom is -0.493 e. The molecule has 1 aliphatic carbocycles. The lowest BCUT2D eigenvalue weighted by Crippen LogP contribution is -2.22. The zero-order valence-electron chi connectivity index (χ0n) is 14.9. The monoisotopic (exact) mass is 337 g/mol. The maximum atomic E-state index is 11.1. The largest absolute Gasteiger partial charge is 0.493 e. The van der Waals surface area contributed by atoms with Gasteiger partial charge in [0.15, 0.2) is 0 Å². The van der Waals surface area contributed by atoms with Crippen LogP contribution in [0.1, 0.15) is 38.2 Å². The van der Waals surface area contributed by atoms with Crippen LogP contribution in [0.4, 0.5) is 5.69 Å². The zero-order chi connectivity index (χ0) is 17.5. The van der Waals surface area contributed by atoms with Gasteiger partial charge in [-0.1, -0.05) is 43.2 Å². The fraction of sp³-hybridized carbons (Fsp3) is 0.409.